The molecule has 0 saturated heterocycles. The molecule has 0 radical (unpaired) electrons. The average Bonchev–Trinajstić information content (AvgIpc) is 2.35. The number of carbonyl (C=O) groups is 1. The quantitative estimate of drug-likeness (QED) is 0.444. The fourth-order valence-corrected chi connectivity index (χ4v) is 2.65. The first kappa shape index (κ1) is 14.9. The molecule has 0 bridgehead atoms. The standard InChI is InChI=1S/C12H21BrO4/c13-10-5-1-2-6-11(10)16-7-3-4-8-17-12(15)9-14/h10-11,14H,1-9H2/t10-,11-/m1/s1. The van der Waals surface area contributed by atoms with Crippen molar-refractivity contribution in [2.75, 3.05) is 19.8 Å². The van der Waals surface area contributed by atoms with Crippen molar-refractivity contribution in [2.24, 2.45) is 0 Å². The number of alkyl halides is 1. The Bertz CT molecular complexity index is 223. The summed E-state index contributed by atoms with van der Waals surface area (Å²) in [6.45, 7) is 0.540. The van der Waals surface area contributed by atoms with Gasteiger partial charge in [0.1, 0.15) is 6.61 Å². The first-order chi connectivity index (χ1) is 8.24. The number of unbranched alkanes of at least 4 members (excludes halogenated alkanes) is 1. The minimum absolute atomic E-state index is 0.337. The lowest BCUT2D eigenvalue weighted by Gasteiger charge is -2.27. The van der Waals surface area contributed by atoms with Crippen molar-refractivity contribution >= 4 is 21.9 Å². The summed E-state index contributed by atoms with van der Waals surface area (Å²) in [5.41, 5.74) is 0. The highest BCUT2D eigenvalue weighted by molar-refractivity contribution is 9.09. The largest absolute Gasteiger partial charge is 0.464 e. The molecule has 1 N–H and O–H groups in total. The number of ether oxygens (including phenoxy) is 2. The van der Waals surface area contributed by atoms with Gasteiger partial charge in [0.2, 0.25) is 0 Å². The van der Waals surface area contributed by atoms with Gasteiger partial charge in [0.15, 0.2) is 0 Å². The van der Waals surface area contributed by atoms with Crippen molar-refractivity contribution in [2.45, 2.75) is 49.5 Å². The smallest absolute Gasteiger partial charge is 0.331 e. The molecule has 1 fully saturated rings. The summed E-state index contributed by atoms with van der Waals surface area (Å²) in [6, 6.07) is 0. The zero-order valence-electron chi connectivity index (χ0n) is 10.1. The molecule has 4 nitrogen and oxygen atoms in total. The second-order valence-electron chi connectivity index (χ2n) is 4.30. The van der Waals surface area contributed by atoms with E-state index in [1.807, 2.05) is 0 Å². The van der Waals surface area contributed by atoms with Gasteiger partial charge in [-0.05, 0) is 25.7 Å². The molecule has 1 saturated carbocycles. The molecule has 100 valence electrons. The van der Waals surface area contributed by atoms with Gasteiger partial charge in [-0.3, -0.25) is 0 Å². The number of halogens is 1. The third kappa shape index (κ3) is 6.38. The Balaban J connectivity index is 1.94. The van der Waals surface area contributed by atoms with E-state index in [4.69, 9.17) is 14.6 Å². The lowest BCUT2D eigenvalue weighted by atomic mass is 9.97. The minimum atomic E-state index is -0.557. The maximum absolute atomic E-state index is 10.6. The normalized spacial score (nSPS) is 24.6. The summed E-state index contributed by atoms with van der Waals surface area (Å²) < 4.78 is 10.5. The third-order valence-corrected chi connectivity index (χ3v) is 3.93. The molecule has 17 heavy (non-hydrogen) atoms. The number of esters is 1. The number of aliphatic hydroxyl groups is 1. The van der Waals surface area contributed by atoms with Crippen molar-refractivity contribution in [1.29, 1.82) is 0 Å². The van der Waals surface area contributed by atoms with Gasteiger partial charge in [0.25, 0.3) is 0 Å². The lowest BCUT2D eigenvalue weighted by Crippen LogP contribution is -2.28. The van der Waals surface area contributed by atoms with Crippen LogP contribution < -0.4 is 0 Å². The van der Waals surface area contributed by atoms with Crippen LogP contribution in [0.4, 0.5) is 0 Å². The van der Waals surface area contributed by atoms with E-state index >= 15 is 0 Å². The molecule has 0 spiro atoms. The molecule has 0 unspecified atom stereocenters. The van der Waals surface area contributed by atoms with Crippen LogP contribution in [0.15, 0.2) is 0 Å². The summed E-state index contributed by atoms with van der Waals surface area (Å²) in [6.07, 6.45) is 6.87. The van der Waals surface area contributed by atoms with Crippen molar-refractivity contribution in [1.82, 2.24) is 0 Å². The van der Waals surface area contributed by atoms with E-state index in [1.165, 1.54) is 19.3 Å². The number of hydrogen-bond acceptors (Lipinski definition) is 4. The van der Waals surface area contributed by atoms with Crippen molar-refractivity contribution in [3.05, 3.63) is 0 Å². The zero-order valence-corrected chi connectivity index (χ0v) is 11.7. The molecule has 5 heteroatoms. The molecule has 0 aromatic heterocycles. The summed E-state index contributed by atoms with van der Waals surface area (Å²) in [7, 11) is 0. The van der Waals surface area contributed by atoms with E-state index in [0.29, 0.717) is 24.1 Å². The molecule has 0 amide bonds. The number of rotatable bonds is 7. The van der Waals surface area contributed by atoms with E-state index in [2.05, 4.69) is 15.9 Å². The number of carbonyl (C=O) groups excluding carboxylic acids is 1. The van der Waals surface area contributed by atoms with Gasteiger partial charge in [-0.15, -0.1) is 0 Å². The molecule has 0 aromatic rings. The van der Waals surface area contributed by atoms with Crippen molar-refractivity contribution < 1.29 is 19.4 Å². The summed E-state index contributed by atoms with van der Waals surface area (Å²) >= 11 is 3.64. The molecule has 2 atom stereocenters. The van der Waals surface area contributed by atoms with Crippen molar-refractivity contribution in [3.63, 3.8) is 0 Å². The van der Waals surface area contributed by atoms with E-state index in [-0.39, 0.29) is 0 Å². The monoisotopic (exact) mass is 308 g/mol. The van der Waals surface area contributed by atoms with E-state index in [0.717, 1.165) is 19.3 Å². The van der Waals surface area contributed by atoms with Gasteiger partial charge in [-0.2, -0.15) is 0 Å². The van der Waals surface area contributed by atoms with Gasteiger partial charge in [0.05, 0.1) is 12.7 Å². The van der Waals surface area contributed by atoms with E-state index in [9.17, 15) is 4.79 Å². The molecule has 1 rings (SSSR count). The van der Waals surface area contributed by atoms with Crippen LogP contribution in [0.3, 0.4) is 0 Å². The van der Waals surface area contributed by atoms with Gasteiger partial charge >= 0.3 is 5.97 Å². The van der Waals surface area contributed by atoms with Crippen LogP contribution in [-0.4, -0.2) is 41.8 Å². The predicted molar refractivity (Wildman–Crippen MR) is 68.2 cm³/mol. The Hall–Kier alpha value is -0.130. The van der Waals surface area contributed by atoms with E-state index in [1.54, 1.807) is 0 Å². The molecule has 0 heterocycles. The summed E-state index contributed by atoms with van der Waals surface area (Å²) in [5.74, 6) is -0.557. The van der Waals surface area contributed by atoms with Gasteiger partial charge in [-0.25, -0.2) is 4.79 Å². The van der Waals surface area contributed by atoms with Crippen molar-refractivity contribution in [3.8, 4) is 0 Å². The third-order valence-electron chi connectivity index (χ3n) is 2.88. The van der Waals surface area contributed by atoms with Gasteiger partial charge in [0, 0.05) is 11.4 Å². The molecular weight excluding hydrogens is 288 g/mol. The highest BCUT2D eigenvalue weighted by atomic mass is 79.9. The maximum atomic E-state index is 10.6. The highest BCUT2D eigenvalue weighted by Gasteiger charge is 2.22. The highest BCUT2D eigenvalue weighted by Crippen LogP contribution is 2.26. The second kappa shape index (κ2) is 8.89. The molecule has 0 aliphatic heterocycles. The van der Waals surface area contributed by atoms with Gasteiger partial charge < -0.3 is 14.6 Å². The SMILES string of the molecule is O=C(CO)OCCCCO[C@@H]1CCCC[C@H]1Br. The zero-order chi connectivity index (χ0) is 12.5. The molecular formula is C12H21BrO4. The Morgan fingerprint density at radius 2 is 1.94 bits per heavy atom. The number of hydrogen-bond donors (Lipinski definition) is 1. The Labute approximate surface area is 111 Å². The fourth-order valence-electron chi connectivity index (χ4n) is 1.91. The first-order valence-corrected chi connectivity index (χ1v) is 7.17. The predicted octanol–water partition coefficient (Wildman–Crippen LogP) is 2.02. The van der Waals surface area contributed by atoms with Crippen LogP contribution in [0.1, 0.15) is 38.5 Å². The number of aliphatic hydroxyl groups excluding tert-OH is 1. The topological polar surface area (TPSA) is 55.8 Å². The fraction of sp³-hybridized carbons (Fsp3) is 0.917. The minimum Gasteiger partial charge on any atom is -0.464 e. The van der Waals surface area contributed by atoms with Crippen LogP contribution >= 0.6 is 15.9 Å². The molecule has 0 aromatic carbocycles. The summed E-state index contributed by atoms with van der Waals surface area (Å²) in [5, 5.41) is 8.43. The molecule has 1 aliphatic carbocycles. The molecule has 1 aliphatic rings. The van der Waals surface area contributed by atoms with Crippen LogP contribution in [0.5, 0.6) is 0 Å². The van der Waals surface area contributed by atoms with Gasteiger partial charge in [-0.1, -0.05) is 28.8 Å². The lowest BCUT2D eigenvalue weighted by molar-refractivity contribution is -0.147. The van der Waals surface area contributed by atoms with Crippen LogP contribution in [0.2, 0.25) is 0 Å². The second-order valence-corrected chi connectivity index (χ2v) is 5.47. The Morgan fingerprint density at radius 1 is 1.24 bits per heavy atom. The van der Waals surface area contributed by atoms with E-state index < -0.39 is 12.6 Å². The maximum Gasteiger partial charge on any atom is 0.331 e. The summed E-state index contributed by atoms with van der Waals surface area (Å²) in [4.78, 5) is 11.1. The average molecular weight is 309 g/mol. The Kier molecular flexibility index (Phi) is 7.81. The van der Waals surface area contributed by atoms with Crippen LogP contribution in [-0.2, 0) is 14.3 Å². The van der Waals surface area contributed by atoms with Crippen LogP contribution in [0.25, 0.3) is 0 Å². The first-order valence-electron chi connectivity index (χ1n) is 6.26. The Morgan fingerprint density at radius 3 is 2.65 bits per heavy atom. The van der Waals surface area contributed by atoms with Crippen LogP contribution in [0, 0.1) is 0 Å².